The molecule has 16 nitrogen and oxygen atoms in total. The summed E-state index contributed by atoms with van der Waals surface area (Å²) in [5.74, 6) is -1.15. The molecule has 8 heterocycles. The van der Waals surface area contributed by atoms with Gasteiger partial charge in [0.2, 0.25) is 47.3 Å². The molecule has 0 unspecified atom stereocenters. The quantitative estimate of drug-likeness (QED) is 0.166. The number of amides is 8. The van der Waals surface area contributed by atoms with Gasteiger partial charge in [-0.05, 0) is 70.8 Å². The van der Waals surface area contributed by atoms with E-state index in [0.29, 0.717) is 51.4 Å². The fourth-order valence-electron chi connectivity index (χ4n) is 4.37. The van der Waals surface area contributed by atoms with Crippen LogP contribution in [-0.2, 0) is 38.4 Å². The van der Waals surface area contributed by atoms with Crippen LogP contribution in [0.2, 0.25) is 0 Å². The van der Waals surface area contributed by atoms with Crippen LogP contribution in [0, 0.1) is 0 Å². The average Bonchev–Trinajstić information content (AvgIpc) is 3.92. The van der Waals surface area contributed by atoms with Crippen LogP contribution in [0.1, 0.15) is 51.4 Å². The predicted octanol–water partition coefficient (Wildman–Crippen LogP) is 6.07. The van der Waals surface area contributed by atoms with Gasteiger partial charge in [-0.2, -0.15) is 0 Å². The first-order chi connectivity index (χ1) is 26.8. The first-order valence-corrected chi connectivity index (χ1v) is 19.3. The lowest BCUT2D eigenvalue weighted by molar-refractivity contribution is -0.133. The number of carbonyl (C=O) groups excluding carboxylic acids is 8. The lowest BCUT2D eigenvalue weighted by Gasteiger charge is -1.97. The van der Waals surface area contributed by atoms with Crippen LogP contribution in [-0.4, -0.2) is 82.9 Å². The van der Waals surface area contributed by atoms with Crippen LogP contribution >= 0.6 is 64.6 Å². The van der Waals surface area contributed by atoms with Gasteiger partial charge in [0, 0.05) is 101 Å². The van der Waals surface area contributed by atoms with Crippen molar-refractivity contribution in [2.45, 2.75) is 51.4 Å². The van der Waals surface area contributed by atoms with Crippen LogP contribution in [0.3, 0.4) is 0 Å². The fourth-order valence-corrected chi connectivity index (χ4v) is 5.79. The molecule has 0 radical (unpaired) electrons. The maximum absolute atomic E-state index is 10.4. The first kappa shape index (κ1) is 45.5. The van der Waals surface area contributed by atoms with Gasteiger partial charge in [0.15, 0.2) is 0 Å². The second-order valence-corrected chi connectivity index (χ2v) is 14.1. The summed E-state index contributed by atoms with van der Waals surface area (Å²) < 4.78 is 3.92. The molecule has 4 aliphatic rings. The minimum absolute atomic E-state index is 0.144. The van der Waals surface area contributed by atoms with Gasteiger partial charge in [-0.15, -0.1) is 0 Å². The molecule has 8 rings (SSSR count). The highest BCUT2D eigenvalue weighted by molar-refractivity contribution is 9.08. The fraction of sp³-hybridized carbons (Fsp3) is 0.222. The molecule has 4 aliphatic heterocycles. The molecule has 4 aromatic heterocycles. The number of aromatic nitrogens is 4. The van der Waals surface area contributed by atoms with Crippen LogP contribution in [0.4, 0.5) is 0 Å². The van der Waals surface area contributed by atoms with E-state index in [4.69, 9.17) is 0 Å². The largest absolute Gasteiger partial charge is 0.274 e. The van der Waals surface area contributed by atoms with Gasteiger partial charge >= 0.3 is 0 Å². The summed E-state index contributed by atoms with van der Waals surface area (Å²) in [6.45, 7) is 0. The van der Waals surface area contributed by atoms with Crippen molar-refractivity contribution in [3.05, 3.63) is 98.1 Å². The van der Waals surface area contributed by atoms with Gasteiger partial charge in [0.25, 0.3) is 0 Å². The highest BCUT2D eigenvalue weighted by atomic mass is 79.9. The van der Waals surface area contributed by atoms with Crippen LogP contribution in [0.25, 0.3) is 22.3 Å². The Hall–Kier alpha value is -4.92. The monoisotopic (exact) mass is 1020 g/mol. The molecule has 0 bridgehead atoms. The summed E-state index contributed by atoms with van der Waals surface area (Å²) in [5, 5.41) is 0. The number of hydrogen-bond acceptors (Lipinski definition) is 12. The lowest BCUT2D eigenvalue weighted by Crippen LogP contribution is -2.16. The van der Waals surface area contributed by atoms with E-state index in [9.17, 15) is 38.4 Å². The number of carbonyl (C=O) groups is 8. The molecule has 0 aliphatic carbocycles. The van der Waals surface area contributed by atoms with Crippen molar-refractivity contribution in [3.63, 3.8) is 0 Å². The molecule has 0 atom stereocenters. The minimum Gasteiger partial charge on any atom is -0.274 e. The van der Waals surface area contributed by atoms with Gasteiger partial charge in [0.1, 0.15) is 0 Å². The third kappa shape index (κ3) is 15.0. The molecule has 0 aromatic carbocycles. The third-order valence-corrected chi connectivity index (χ3v) is 10.5. The topological polar surface area (TPSA) is 201 Å². The second-order valence-electron chi connectivity index (χ2n) is 11.2. The number of imide groups is 4. The minimum atomic E-state index is -0.144. The Morgan fingerprint density at radius 1 is 0.286 bits per heavy atom. The zero-order valence-electron chi connectivity index (χ0n) is 29.3. The number of pyridine rings is 4. The molecule has 4 aromatic rings. The Kier molecular flexibility index (Phi) is 19.4. The Balaban J connectivity index is 0.000000182. The highest BCUT2D eigenvalue weighted by Crippen LogP contribution is 2.18. The maximum atomic E-state index is 10.4. The molecule has 4 saturated heterocycles. The van der Waals surface area contributed by atoms with Gasteiger partial charge < -0.3 is 0 Å². The van der Waals surface area contributed by atoms with E-state index in [1.807, 2.05) is 48.5 Å². The lowest BCUT2D eigenvalue weighted by atomic mass is 10.1. The van der Waals surface area contributed by atoms with Crippen LogP contribution in [0.15, 0.2) is 98.1 Å². The summed E-state index contributed by atoms with van der Waals surface area (Å²) in [5.41, 5.74) is 4.69. The van der Waals surface area contributed by atoms with Gasteiger partial charge in [-0.1, -0.05) is 0 Å². The van der Waals surface area contributed by atoms with E-state index < -0.39 is 0 Å². The number of rotatable bonds is 2. The first-order valence-electron chi connectivity index (χ1n) is 16.5. The molecule has 0 spiro atoms. The van der Waals surface area contributed by atoms with Gasteiger partial charge in [0.05, 0.1) is 64.6 Å². The van der Waals surface area contributed by atoms with Gasteiger partial charge in [-0.3, -0.25) is 58.3 Å². The van der Waals surface area contributed by atoms with Crippen molar-refractivity contribution in [1.29, 1.82) is 0 Å². The van der Waals surface area contributed by atoms with Crippen molar-refractivity contribution >= 4 is 112 Å². The van der Waals surface area contributed by atoms with E-state index in [2.05, 4.69) is 84.5 Å². The summed E-state index contributed by atoms with van der Waals surface area (Å²) in [6, 6.07) is 15.9. The van der Waals surface area contributed by atoms with E-state index in [1.165, 1.54) is 22.3 Å². The molecule has 20 heteroatoms. The molecule has 0 saturated carbocycles. The van der Waals surface area contributed by atoms with Gasteiger partial charge in [-0.25, -0.2) is 15.7 Å². The van der Waals surface area contributed by atoms with Crippen molar-refractivity contribution in [1.82, 2.24) is 35.6 Å². The van der Waals surface area contributed by atoms with Crippen LogP contribution < -0.4 is 0 Å². The number of hydrogen-bond donors (Lipinski definition) is 0. The Labute approximate surface area is 355 Å². The van der Waals surface area contributed by atoms with E-state index in [-0.39, 0.29) is 47.3 Å². The normalized spacial score (nSPS) is 15.8. The highest BCUT2D eigenvalue weighted by Gasteiger charge is 2.28. The molecule has 4 fully saturated rings. The molecule has 0 N–H and O–H groups in total. The number of halogens is 4. The van der Waals surface area contributed by atoms with Crippen molar-refractivity contribution in [2.75, 3.05) is 0 Å². The van der Waals surface area contributed by atoms with Crippen molar-refractivity contribution in [3.8, 4) is 22.3 Å². The maximum Gasteiger partial charge on any atom is 0.239 e. The summed E-state index contributed by atoms with van der Waals surface area (Å²) in [4.78, 5) is 99.4. The summed E-state index contributed by atoms with van der Waals surface area (Å²) in [6.07, 6.45) is 17.1. The SMILES string of the molecule is O=C1CCC(=O)N1Br.O=C1CCC(=O)N1Br.O=C1CCC(=O)N1Br.O=C1CCC(=O)N1Br.c1cc(-c2ccncc2)ccn1.c1cc(-c2ccncc2)ccn1. The Bertz CT molecular complexity index is 1630. The third-order valence-electron chi connectivity index (χ3n) is 7.35. The summed E-state index contributed by atoms with van der Waals surface area (Å²) >= 11 is 11.2. The molecule has 56 heavy (non-hydrogen) atoms. The van der Waals surface area contributed by atoms with Crippen molar-refractivity contribution in [2.24, 2.45) is 0 Å². The molecule has 8 amide bonds. The molecular weight excluding hydrogens is 992 g/mol. The molecule has 292 valence electrons. The Morgan fingerprint density at radius 2 is 0.411 bits per heavy atom. The van der Waals surface area contributed by atoms with Crippen molar-refractivity contribution < 1.29 is 38.4 Å². The van der Waals surface area contributed by atoms with E-state index in [1.54, 1.807) is 49.6 Å². The predicted molar refractivity (Wildman–Crippen MR) is 215 cm³/mol. The standard InChI is InChI=1S/2C10H8N2.4C4H4BrNO2/c2*1-5-11-6-2-9(1)10-3-7-12-8-4-10;4*5-6-3(7)1-2-4(6)8/h2*1-8H;4*1-2H2. The summed E-state index contributed by atoms with van der Waals surface area (Å²) in [7, 11) is 0. The average molecular weight is 1020 g/mol. The van der Waals surface area contributed by atoms with E-state index >= 15 is 0 Å². The van der Waals surface area contributed by atoms with Crippen LogP contribution in [0.5, 0.6) is 0 Å². The zero-order chi connectivity index (χ0) is 41.0. The zero-order valence-corrected chi connectivity index (χ0v) is 35.6. The smallest absolute Gasteiger partial charge is 0.239 e. The number of nitrogens with zero attached hydrogens (tertiary/aromatic N) is 8. The molecular formula is C36H32Br4N8O8. The second kappa shape index (κ2) is 23.9. The van der Waals surface area contributed by atoms with E-state index in [0.717, 1.165) is 15.7 Å². The Morgan fingerprint density at radius 3 is 0.500 bits per heavy atom.